The molecule has 3 nitrogen and oxygen atoms in total. The molecule has 18 heavy (non-hydrogen) atoms. The summed E-state index contributed by atoms with van der Waals surface area (Å²) >= 11 is 1.65. The molecule has 0 bridgehead atoms. The van der Waals surface area contributed by atoms with E-state index in [-0.39, 0.29) is 6.04 Å². The third-order valence-corrected chi connectivity index (χ3v) is 3.35. The van der Waals surface area contributed by atoms with Crippen molar-refractivity contribution >= 4 is 11.8 Å². The van der Waals surface area contributed by atoms with E-state index in [1.807, 2.05) is 49.6 Å². The first-order chi connectivity index (χ1) is 8.70. The van der Waals surface area contributed by atoms with Gasteiger partial charge in [0.2, 0.25) is 5.88 Å². The fourth-order valence-corrected chi connectivity index (χ4v) is 2.06. The van der Waals surface area contributed by atoms with E-state index in [4.69, 9.17) is 10.5 Å². The van der Waals surface area contributed by atoms with E-state index in [9.17, 15) is 0 Å². The Hall–Kier alpha value is -1.52. The summed E-state index contributed by atoms with van der Waals surface area (Å²) in [5, 5.41) is 0. The van der Waals surface area contributed by atoms with Crippen molar-refractivity contribution in [2.45, 2.75) is 17.9 Å². The zero-order chi connectivity index (χ0) is 13.0. The molecule has 1 heterocycles. The molecular formula is C14H16N2OS. The van der Waals surface area contributed by atoms with Gasteiger partial charge in [0.25, 0.3) is 0 Å². The van der Waals surface area contributed by atoms with Crippen LogP contribution in [0.5, 0.6) is 11.6 Å². The van der Waals surface area contributed by atoms with Crippen molar-refractivity contribution in [1.29, 1.82) is 0 Å². The second-order valence-electron chi connectivity index (χ2n) is 3.97. The molecule has 0 aliphatic heterocycles. The smallest absolute Gasteiger partial charge is 0.219 e. The van der Waals surface area contributed by atoms with Gasteiger partial charge in [-0.2, -0.15) is 0 Å². The number of benzene rings is 1. The SMILES string of the molecule is CSc1ccccc1Oc1ccc([C@@H](C)N)cn1. The highest BCUT2D eigenvalue weighted by molar-refractivity contribution is 7.98. The summed E-state index contributed by atoms with van der Waals surface area (Å²) in [6.07, 6.45) is 3.77. The predicted molar refractivity (Wildman–Crippen MR) is 75.1 cm³/mol. The number of nitrogens with two attached hydrogens (primary N) is 1. The van der Waals surface area contributed by atoms with Crippen LogP contribution >= 0.6 is 11.8 Å². The summed E-state index contributed by atoms with van der Waals surface area (Å²) in [6.45, 7) is 1.93. The van der Waals surface area contributed by atoms with Crippen LogP contribution in [0.3, 0.4) is 0 Å². The first kappa shape index (κ1) is 12.9. The Balaban J connectivity index is 2.18. The van der Waals surface area contributed by atoms with Crippen LogP contribution in [-0.2, 0) is 0 Å². The lowest BCUT2D eigenvalue weighted by atomic mass is 10.2. The normalized spacial score (nSPS) is 12.2. The van der Waals surface area contributed by atoms with Gasteiger partial charge in [0.15, 0.2) is 0 Å². The highest BCUT2D eigenvalue weighted by Gasteiger charge is 2.05. The molecule has 0 saturated carbocycles. The molecule has 1 atom stereocenters. The summed E-state index contributed by atoms with van der Waals surface area (Å²) in [5.74, 6) is 1.41. The van der Waals surface area contributed by atoms with Crippen molar-refractivity contribution < 1.29 is 4.74 Å². The molecule has 2 aromatic rings. The number of hydrogen-bond donors (Lipinski definition) is 1. The second kappa shape index (κ2) is 5.89. The molecule has 1 aromatic heterocycles. The number of rotatable bonds is 4. The molecule has 2 rings (SSSR count). The summed E-state index contributed by atoms with van der Waals surface area (Å²) < 4.78 is 5.76. The Kier molecular flexibility index (Phi) is 4.23. The molecule has 0 unspecified atom stereocenters. The fourth-order valence-electron chi connectivity index (χ4n) is 1.54. The van der Waals surface area contributed by atoms with Crippen molar-refractivity contribution in [1.82, 2.24) is 4.98 Å². The molecule has 1 aromatic carbocycles. The van der Waals surface area contributed by atoms with Crippen LogP contribution in [0.1, 0.15) is 18.5 Å². The maximum atomic E-state index is 5.78. The highest BCUT2D eigenvalue weighted by Crippen LogP contribution is 2.30. The third-order valence-electron chi connectivity index (χ3n) is 2.57. The molecule has 0 aliphatic carbocycles. The lowest BCUT2D eigenvalue weighted by molar-refractivity contribution is 0.451. The maximum absolute atomic E-state index is 5.78. The Morgan fingerprint density at radius 2 is 2.00 bits per heavy atom. The lowest BCUT2D eigenvalue weighted by Gasteiger charge is -2.09. The van der Waals surface area contributed by atoms with E-state index in [1.54, 1.807) is 18.0 Å². The van der Waals surface area contributed by atoms with Gasteiger partial charge in [-0.25, -0.2) is 4.98 Å². The molecule has 0 amide bonds. The van der Waals surface area contributed by atoms with Crippen LogP contribution in [0.4, 0.5) is 0 Å². The Bertz CT molecular complexity index is 511. The number of hydrogen-bond acceptors (Lipinski definition) is 4. The van der Waals surface area contributed by atoms with E-state index < -0.39 is 0 Å². The van der Waals surface area contributed by atoms with Crippen LogP contribution < -0.4 is 10.5 Å². The lowest BCUT2D eigenvalue weighted by Crippen LogP contribution is -2.05. The van der Waals surface area contributed by atoms with Gasteiger partial charge in [-0.15, -0.1) is 11.8 Å². The van der Waals surface area contributed by atoms with Gasteiger partial charge in [0.1, 0.15) is 5.75 Å². The first-order valence-electron chi connectivity index (χ1n) is 5.73. The van der Waals surface area contributed by atoms with E-state index in [0.717, 1.165) is 16.2 Å². The molecule has 0 saturated heterocycles. The number of thioether (sulfide) groups is 1. The van der Waals surface area contributed by atoms with Crippen LogP contribution in [0.15, 0.2) is 47.5 Å². The Labute approximate surface area is 111 Å². The summed E-state index contributed by atoms with van der Waals surface area (Å²) in [7, 11) is 0. The van der Waals surface area contributed by atoms with Crippen LogP contribution in [0.2, 0.25) is 0 Å². The first-order valence-corrected chi connectivity index (χ1v) is 6.95. The summed E-state index contributed by atoms with van der Waals surface area (Å²) in [4.78, 5) is 5.35. The topological polar surface area (TPSA) is 48.1 Å². The molecular weight excluding hydrogens is 244 g/mol. The number of pyridine rings is 1. The van der Waals surface area contributed by atoms with Gasteiger partial charge < -0.3 is 10.5 Å². The molecule has 2 N–H and O–H groups in total. The number of ether oxygens (including phenoxy) is 1. The molecule has 0 radical (unpaired) electrons. The van der Waals surface area contributed by atoms with Crippen LogP contribution in [0.25, 0.3) is 0 Å². The molecule has 94 valence electrons. The minimum absolute atomic E-state index is 0.00923. The largest absolute Gasteiger partial charge is 0.438 e. The third kappa shape index (κ3) is 3.03. The number of para-hydroxylation sites is 1. The van der Waals surface area contributed by atoms with Crippen LogP contribution in [-0.4, -0.2) is 11.2 Å². The summed E-state index contributed by atoms with van der Waals surface area (Å²) in [6, 6.07) is 11.7. The van der Waals surface area contributed by atoms with E-state index >= 15 is 0 Å². The average Bonchev–Trinajstić information content (AvgIpc) is 2.40. The van der Waals surface area contributed by atoms with Crippen molar-refractivity contribution in [3.63, 3.8) is 0 Å². The second-order valence-corrected chi connectivity index (χ2v) is 4.82. The number of aromatic nitrogens is 1. The van der Waals surface area contributed by atoms with Crippen molar-refractivity contribution in [3.8, 4) is 11.6 Å². The van der Waals surface area contributed by atoms with E-state index in [1.165, 1.54) is 0 Å². The van der Waals surface area contributed by atoms with Gasteiger partial charge in [-0.3, -0.25) is 0 Å². The molecule has 4 heteroatoms. The predicted octanol–water partition coefficient (Wildman–Crippen LogP) is 3.62. The monoisotopic (exact) mass is 260 g/mol. The van der Waals surface area contributed by atoms with Crippen molar-refractivity contribution in [2.24, 2.45) is 5.73 Å². The molecule has 0 spiro atoms. The quantitative estimate of drug-likeness (QED) is 0.853. The van der Waals surface area contributed by atoms with Gasteiger partial charge in [0, 0.05) is 23.2 Å². The minimum atomic E-state index is -0.00923. The van der Waals surface area contributed by atoms with Gasteiger partial charge >= 0.3 is 0 Å². The summed E-state index contributed by atoms with van der Waals surface area (Å²) in [5.41, 5.74) is 6.78. The highest BCUT2D eigenvalue weighted by atomic mass is 32.2. The molecule has 0 fully saturated rings. The van der Waals surface area contributed by atoms with E-state index in [2.05, 4.69) is 4.98 Å². The number of nitrogens with zero attached hydrogens (tertiary/aromatic N) is 1. The van der Waals surface area contributed by atoms with Crippen LogP contribution in [0, 0.1) is 0 Å². The fraction of sp³-hybridized carbons (Fsp3) is 0.214. The standard InChI is InChI=1S/C14H16N2OS/c1-10(15)11-7-8-14(16-9-11)17-12-5-3-4-6-13(12)18-2/h3-10H,15H2,1-2H3/t10-/m1/s1. The maximum Gasteiger partial charge on any atom is 0.219 e. The Morgan fingerprint density at radius 1 is 1.22 bits per heavy atom. The Morgan fingerprint density at radius 3 is 2.61 bits per heavy atom. The van der Waals surface area contributed by atoms with Gasteiger partial charge in [0.05, 0.1) is 0 Å². The zero-order valence-electron chi connectivity index (χ0n) is 10.5. The van der Waals surface area contributed by atoms with E-state index in [0.29, 0.717) is 5.88 Å². The van der Waals surface area contributed by atoms with Gasteiger partial charge in [-0.1, -0.05) is 18.2 Å². The van der Waals surface area contributed by atoms with Gasteiger partial charge in [-0.05, 0) is 30.9 Å². The zero-order valence-corrected chi connectivity index (χ0v) is 11.3. The molecule has 0 aliphatic rings. The minimum Gasteiger partial charge on any atom is -0.438 e. The van der Waals surface area contributed by atoms with Crippen molar-refractivity contribution in [3.05, 3.63) is 48.2 Å². The average molecular weight is 260 g/mol. The van der Waals surface area contributed by atoms with Crippen molar-refractivity contribution in [2.75, 3.05) is 6.26 Å².